The normalized spacial score (nSPS) is 19.7. The lowest BCUT2D eigenvalue weighted by Crippen LogP contribution is -2.34. The van der Waals surface area contributed by atoms with Crippen molar-refractivity contribution in [1.29, 1.82) is 0 Å². The summed E-state index contributed by atoms with van der Waals surface area (Å²) in [7, 11) is 1.90. The molecular weight excluding hydrogens is 288 g/mol. The van der Waals surface area contributed by atoms with E-state index in [1.54, 1.807) is 4.68 Å². The van der Waals surface area contributed by atoms with Gasteiger partial charge in [-0.1, -0.05) is 6.92 Å². The highest BCUT2D eigenvalue weighted by Crippen LogP contribution is 2.24. The first-order valence-corrected chi connectivity index (χ1v) is 7.49. The second-order valence-corrected chi connectivity index (χ2v) is 6.01. The van der Waals surface area contributed by atoms with Gasteiger partial charge >= 0.3 is 0 Å². The third kappa shape index (κ3) is 4.45. The first-order chi connectivity index (χ1) is 9.49. The largest absolute Gasteiger partial charge is 0.323 e. The van der Waals surface area contributed by atoms with Crippen molar-refractivity contribution in [3.05, 3.63) is 11.4 Å². The number of amides is 1. The molecule has 0 bridgehead atoms. The summed E-state index contributed by atoms with van der Waals surface area (Å²) in [5, 5.41) is 10.8. The minimum absolute atomic E-state index is 0. The second-order valence-electron chi connectivity index (χ2n) is 6.01. The van der Waals surface area contributed by atoms with E-state index in [2.05, 4.69) is 22.7 Å². The van der Waals surface area contributed by atoms with Crippen molar-refractivity contribution in [1.82, 2.24) is 15.1 Å². The SMILES string of the molecule is Cc1nn(C)c(C)c1NC(=O)CC(C)C1CCCNC1.Cl. The van der Waals surface area contributed by atoms with Gasteiger partial charge in [0.15, 0.2) is 0 Å². The van der Waals surface area contributed by atoms with Gasteiger partial charge in [0, 0.05) is 13.5 Å². The van der Waals surface area contributed by atoms with E-state index in [4.69, 9.17) is 0 Å². The summed E-state index contributed by atoms with van der Waals surface area (Å²) < 4.78 is 1.80. The maximum atomic E-state index is 12.2. The number of nitrogens with zero attached hydrogens (tertiary/aromatic N) is 2. The number of halogens is 1. The average molecular weight is 315 g/mol. The Balaban J connectivity index is 0.00000220. The Bertz CT molecular complexity index is 480. The fourth-order valence-corrected chi connectivity index (χ4v) is 2.97. The summed E-state index contributed by atoms with van der Waals surface area (Å²) in [4.78, 5) is 12.2. The van der Waals surface area contributed by atoms with E-state index >= 15 is 0 Å². The summed E-state index contributed by atoms with van der Waals surface area (Å²) in [6, 6.07) is 0. The van der Waals surface area contributed by atoms with Crippen LogP contribution in [0.5, 0.6) is 0 Å². The van der Waals surface area contributed by atoms with Crippen LogP contribution in [0.2, 0.25) is 0 Å². The highest BCUT2D eigenvalue weighted by atomic mass is 35.5. The van der Waals surface area contributed by atoms with Crippen LogP contribution in [-0.4, -0.2) is 28.8 Å². The van der Waals surface area contributed by atoms with Crippen LogP contribution in [-0.2, 0) is 11.8 Å². The Morgan fingerprint density at radius 1 is 1.52 bits per heavy atom. The Morgan fingerprint density at radius 2 is 2.24 bits per heavy atom. The first kappa shape index (κ1) is 18.0. The number of piperidine rings is 1. The van der Waals surface area contributed by atoms with E-state index in [9.17, 15) is 4.79 Å². The maximum Gasteiger partial charge on any atom is 0.224 e. The van der Waals surface area contributed by atoms with Gasteiger partial charge in [0.25, 0.3) is 0 Å². The minimum atomic E-state index is 0. The fraction of sp³-hybridized carbons (Fsp3) is 0.733. The van der Waals surface area contributed by atoms with Crippen LogP contribution in [0.3, 0.4) is 0 Å². The van der Waals surface area contributed by atoms with Crippen LogP contribution in [0.1, 0.15) is 37.6 Å². The first-order valence-electron chi connectivity index (χ1n) is 7.49. The van der Waals surface area contributed by atoms with Crippen LogP contribution in [0, 0.1) is 25.7 Å². The molecule has 21 heavy (non-hydrogen) atoms. The van der Waals surface area contributed by atoms with Crippen LogP contribution in [0.25, 0.3) is 0 Å². The molecule has 0 aromatic carbocycles. The van der Waals surface area contributed by atoms with Crippen molar-refractivity contribution < 1.29 is 4.79 Å². The topological polar surface area (TPSA) is 59.0 Å². The predicted octanol–water partition coefficient (Wildman–Crippen LogP) is 2.42. The van der Waals surface area contributed by atoms with Gasteiger partial charge in [-0.25, -0.2) is 0 Å². The zero-order chi connectivity index (χ0) is 14.7. The van der Waals surface area contributed by atoms with Gasteiger partial charge in [0.05, 0.1) is 17.1 Å². The van der Waals surface area contributed by atoms with Crippen molar-refractivity contribution >= 4 is 24.0 Å². The molecule has 1 aromatic rings. The summed E-state index contributed by atoms with van der Waals surface area (Å²) in [6.07, 6.45) is 3.03. The number of carbonyl (C=O) groups excluding carboxylic acids is 1. The van der Waals surface area contributed by atoms with E-state index in [0.29, 0.717) is 18.3 Å². The molecule has 120 valence electrons. The van der Waals surface area contributed by atoms with Crippen LogP contribution in [0.4, 0.5) is 5.69 Å². The van der Waals surface area contributed by atoms with E-state index < -0.39 is 0 Å². The molecule has 1 amide bonds. The standard InChI is InChI=1S/C15H26N4O.ClH/c1-10(13-6-5-7-16-9-13)8-14(20)17-15-11(2)18-19(4)12(15)3;/h10,13,16H,5-9H2,1-4H3,(H,17,20);1H. The summed E-state index contributed by atoms with van der Waals surface area (Å²) >= 11 is 0. The number of anilines is 1. The molecule has 0 aliphatic carbocycles. The van der Waals surface area contributed by atoms with Gasteiger partial charge in [-0.15, -0.1) is 12.4 Å². The van der Waals surface area contributed by atoms with E-state index in [0.717, 1.165) is 30.2 Å². The summed E-state index contributed by atoms with van der Waals surface area (Å²) in [6.45, 7) is 8.24. The van der Waals surface area contributed by atoms with E-state index in [1.165, 1.54) is 12.8 Å². The van der Waals surface area contributed by atoms with Crippen molar-refractivity contribution in [3.63, 3.8) is 0 Å². The number of rotatable bonds is 4. The van der Waals surface area contributed by atoms with Crippen LogP contribution in [0.15, 0.2) is 0 Å². The van der Waals surface area contributed by atoms with Crippen LogP contribution >= 0.6 is 12.4 Å². The quantitative estimate of drug-likeness (QED) is 0.897. The zero-order valence-electron chi connectivity index (χ0n) is 13.4. The average Bonchev–Trinajstić information content (AvgIpc) is 2.66. The number of aryl methyl sites for hydroxylation is 2. The van der Waals surface area contributed by atoms with E-state index in [-0.39, 0.29) is 18.3 Å². The molecule has 1 fully saturated rings. The van der Waals surface area contributed by atoms with E-state index in [1.807, 2.05) is 20.9 Å². The van der Waals surface area contributed by atoms with Gasteiger partial charge in [-0.05, 0) is 51.6 Å². The lowest BCUT2D eigenvalue weighted by Gasteiger charge is -2.28. The summed E-state index contributed by atoms with van der Waals surface area (Å²) in [5.41, 5.74) is 2.75. The van der Waals surface area contributed by atoms with Crippen molar-refractivity contribution in [2.24, 2.45) is 18.9 Å². The number of nitrogens with one attached hydrogen (secondary N) is 2. The molecule has 6 heteroatoms. The Kier molecular flexibility index (Phi) is 6.68. The van der Waals surface area contributed by atoms with Gasteiger partial charge < -0.3 is 10.6 Å². The molecule has 0 spiro atoms. The Morgan fingerprint density at radius 3 is 2.76 bits per heavy atom. The molecular formula is C15H27ClN4O. The molecule has 2 rings (SSSR count). The maximum absolute atomic E-state index is 12.2. The number of hydrogen-bond donors (Lipinski definition) is 2. The number of aromatic nitrogens is 2. The highest BCUT2D eigenvalue weighted by Gasteiger charge is 2.22. The van der Waals surface area contributed by atoms with Gasteiger partial charge in [-0.3, -0.25) is 9.48 Å². The molecule has 1 saturated heterocycles. The van der Waals surface area contributed by atoms with Crippen LogP contribution < -0.4 is 10.6 Å². The Labute approximate surface area is 133 Å². The molecule has 5 nitrogen and oxygen atoms in total. The molecule has 1 aromatic heterocycles. The molecule has 1 aliphatic heterocycles. The Hall–Kier alpha value is -1.07. The molecule has 1 aliphatic rings. The number of carbonyl (C=O) groups is 1. The molecule has 0 radical (unpaired) electrons. The summed E-state index contributed by atoms with van der Waals surface area (Å²) in [5.74, 6) is 1.13. The van der Waals surface area contributed by atoms with Gasteiger partial charge in [-0.2, -0.15) is 5.10 Å². The third-order valence-electron chi connectivity index (χ3n) is 4.42. The number of hydrogen-bond acceptors (Lipinski definition) is 3. The van der Waals surface area contributed by atoms with Gasteiger partial charge in [0.2, 0.25) is 5.91 Å². The van der Waals surface area contributed by atoms with Crippen molar-refractivity contribution in [3.8, 4) is 0 Å². The smallest absolute Gasteiger partial charge is 0.224 e. The lowest BCUT2D eigenvalue weighted by molar-refractivity contribution is -0.117. The molecule has 2 atom stereocenters. The molecule has 2 unspecified atom stereocenters. The van der Waals surface area contributed by atoms with Crippen molar-refractivity contribution in [2.45, 2.75) is 40.0 Å². The third-order valence-corrected chi connectivity index (χ3v) is 4.42. The van der Waals surface area contributed by atoms with Crippen molar-refractivity contribution in [2.75, 3.05) is 18.4 Å². The molecule has 0 saturated carbocycles. The zero-order valence-corrected chi connectivity index (χ0v) is 14.2. The lowest BCUT2D eigenvalue weighted by atomic mass is 9.85. The predicted molar refractivity (Wildman–Crippen MR) is 87.9 cm³/mol. The second kappa shape index (κ2) is 7.80. The fourth-order valence-electron chi connectivity index (χ4n) is 2.97. The minimum Gasteiger partial charge on any atom is -0.323 e. The highest BCUT2D eigenvalue weighted by molar-refractivity contribution is 5.92. The molecule has 2 N–H and O–H groups in total. The monoisotopic (exact) mass is 314 g/mol. The molecule has 2 heterocycles. The van der Waals surface area contributed by atoms with Gasteiger partial charge in [0.1, 0.15) is 0 Å².